The molecule has 1 aromatic rings. The number of carboxylic acid groups (broad SMARTS) is 1. The number of aromatic amines is 1. The normalized spacial score (nSPS) is 19.0. The summed E-state index contributed by atoms with van der Waals surface area (Å²) < 4.78 is 0. The molecule has 1 aliphatic heterocycles. The van der Waals surface area contributed by atoms with Gasteiger partial charge in [-0.2, -0.15) is 0 Å². The minimum atomic E-state index is -1.30. The van der Waals surface area contributed by atoms with E-state index in [1.54, 1.807) is 0 Å². The Balaban J connectivity index is 2.11. The highest BCUT2D eigenvalue weighted by molar-refractivity contribution is 5.94. The summed E-state index contributed by atoms with van der Waals surface area (Å²) in [5.74, 6) is -3.10. The molecule has 34 heavy (non-hydrogen) atoms. The van der Waals surface area contributed by atoms with Crippen LogP contribution in [-0.4, -0.2) is 87.2 Å². The summed E-state index contributed by atoms with van der Waals surface area (Å²) in [6.45, 7) is 2.45. The number of hydrogen-bond donors (Lipinski definition) is 8. The molecular formula is C21H35N7O6. The molecule has 3 amide bonds. The molecule has 13 heteroatoms. The second-order valence-corrected chi connectivity index (χ2v) is 8.40. The Kier molecular flexibility index (Phi) is 10.9. The molecule has 5 unspecified atom stereocenters. The number of amides is 3. The summed E-state index contributed by atoms with van der Waals surface area (Å²) in [5.41, 5.74) is 5.98. The minimum absolute atomic E-state index is 0.00261. The number of nitrogens with one attached hydrogen (secondary N) is 5. The molecule has 0 aliphatic carbocycles. The van der Waals surface area contributed by atoms with Gasteiger partial charge in [-0.3, -0.25) is 14.4 Å². The van der Waals surface area contributed by atoms with Gasteiger partial charge in [0, 0.05) is 18.3 Å². The van der Waals surface area contributed by atoms with E-state index in [1.165, 1.54) is 19.4 Å². The number of aliphatic carboxylic acids is 1. The molecule has 1 saturated heterocycles. The van der Waals surface area contributed by atoms with E-state index in [4.69, 9.17) is 5.73 Å². The molecule has 1 aliphatic rings. The molecule has 190 valence electrons. The number of H-pyrrole nitrogens is 1. The SMILES string of the molecule is CC(O)C(NC(=O)C1CCCN1)C(=O)NC(Cc1cnc[nH]1)C(=O)NC(CCCCN)C(=O)O. The average Bonchev–Trinajstić information content (AvgIpc) is 3.50. The topological polar surface area (TPSA) is 212 Å². The number of rotatable bonds is 14. The van der Waals surface area contributed by atoms with Crippen LogP contribution in [0, 0.1) is 0 Å². The number of imidazole rings is 1. The number of aromatic nitrogens is 2. The molecule has 2 rings (SSSR count). The first-order valence-corrected chi connectivity index (χ1v) is 11.5. The Morgan fingerprint density at radius 2 is 1.91 bits per heavy atom. The van der Waals surface area contributed by atoms with Crippen molar-refractivity contribution in [2.75, 3.05) is 13.1 Å². The van der Waals surface area contributed by atoms with Crippen LogP contribution in [0.4, 0.5) is 0 Å². The van der Waals surface area contributed by atoms with Gasteiger partial charge in [-0.15, -0.1) is 0 Å². The van der Waals surface area contributed by atoms with Crippen LogP contribution in [-0.2, 0) is 25.6 Å². The van der Waals surface area contributed by atoms with E-state index in [0.717, 1.165) is 6.42 Å². The lowest BCUT2D eigenvalue weighted by atomic mass is 10.1. The summed E-state index contributed by atoms with van der Waals surface area (Å²) >= 11 is 0. The monoisotopic (exact) mass is 481 g/mol. The zero-order valence-corrected chi connectivity index (χ0v) is 19.3. The third-order valence-corrected chi connectivity index (χ3v) is 5.61. The van der Waals surface area contributed by atoms with Crippen molar-refractivity contribution in [3.05, 3.63) is 18.2 Å². The van der Waals surface area contributed by atoms with Gasteiger partial charge in [0.2, 0.25) is 17.7 Å². The fraction of sp³-hybridized carbons (Fsp3) is 0.667. The molecule has 0 radical (unpaired) electrons. The molecule has 13 nitrogen and oxygen atoms in total. The lowest BCUT2D eigenvalue weighted by molar-refractivity contribution is -0.142. The van der Waals surface area contributed by atoms with Gasteiger partial charge in [-0.05, 0) is 52.1 Å². The van der Waals surface area contributed by atoms with Gasteiger partial charge in [0.05, 0.1) is 18.5 Å². The molecule has 0 bridgehead atoms. The lowest BCUT2D eigenvalue weighted by Gasteiger charge is -2.26. The molecule has 5 atom stereocenters. The van der Waals surface area contributed by atoms with Gasteiger partial charge in [0.25, 0.3) is 0 Å². The third kappa shape index (κ3) is 8.39. The average molecular weight is 482 g/mol. The van der Waals surface area contributed by atoms with E-state index in [-0.39, 0.29) is 12.8 Å². The van der Waals surface area contributed by atoms with Crippen molar-refractivity contribution in [1.29, 1.82) is 0 Å². The maximum Gasteiger partial charge on any atom is 0.326 e. The number of carbonyl (C=O) groups excluding carboxylic acids is 3. The molecule has 9 N–H and O–H groups in total. The quantitative estimate of drug-likeness (QED) is 0.135. The number of carboxylic acids is 1. The Morgan fingerprint density at radius 3 is 2.47 bits per heavy atom. The van der Waals surface area contributed by atoms with Gasteiger partial charge in [0.15, 0.2) is 0 Å². The van der Waals surface area contributed by atoms with Gasteiger partial charge in [-0.25, -0.2) is 9.78 Å². The minimum Gasteiger partial charge on any atom is -0.480 e. The largest absolute Gasteiger partial charge is 0.480 e. The summed E-state index contributed by atoms with van der Waals surface area (Å²) in [4.78, 5) is 56.7. The number of nitrogens with two attached hydrogens (primary N) is 1. The van der Waals surface area contributed by atoms with Gasteiger partial charge in [-0.1, -0.05) is 0 Å². The van der Waals surface area contributed by atoms with Crippen molar-refractivity contribution in [2.24, 2.45) is 5.73 Å². The van der Waals surface area contributed by atoms with Crippen molar-refractivity contribution < 1.29 is 29.4 Å². The highest BCUT2D eigenvalue weighted by atomic mass is 16.4. The zero-order chi connectivity index (χ0) is 25.1. The molecule has 1 fully saturated rings. The van der Waals surface area contributed by atoms with Gasteiger partial charge in [0.1, 0.15) is 18.1 Å². The second-order valence-electron chi connectivity index (χ2n) is 8.40. The van der Waals surface area contributed by atoms with Crippen molar-refractivity contribution in [2.45, 2.75) is 75.7 Å². The standard InChI is InChI=1S/C21H35N7O6/c1-12(29)17(28-18(30)14-6-4-8-24-14)20(32)27-16(9-13-10-23-11-25-13)19(31)26-15(21(33)34)5-2-3-7-22/h10-12,14-17,24,29H,2-9,22H2,1H3,(H,23,25)(H,26,31)(H,27,32)(H,28,30)(H,33,34). The van der Waals surface area contributed by atoms with Crippen molar-refractivity contribution >= 4 is 23.7 Å². The van der Waals surface area contributed by atoms with E-state index in [9.17, 15) is 29.4 Å². The number of nitrogens with zero attached hydrogens (tertiary/aromatic N) is 1. The first kappa shape index (κ1) is 27.2. The van der Waals surface area contributed by atoms with Crippen LogP contribution >= 0.6 is 0 Å². The molecule has 0 saturated carbocycles. The summed E-state index contributed by atoms with van der Waals surface area (Å²) in [6, 6.07) is -4.08. The van der Waals surface area contributed by atoms with E-state index >= 15 is 0 Å². The van der Waals surface area contributed by atoms with Crippen molar-refractivity contribution in [3.8, 4) is 0 Å². The molecule has 0 aromatic carbocycles. The maximum atomic E-state index is 13.0. The Labute approximate surface area is 197 Å². The maximum absolute atomic E-state index is 13.0. The number of hydrogen-bond acceptors (Lipinski definition) is 8. The number of aliphatic hydroxyl groups is 1. The lowest BCUT2D eigenvalue weighted by Crippen LogP contribution is -2.60. The first-order valence-electron chi connectivity index (χ1n) is 11.5. The van der Waals surface area contributed by atoms with E-state index < -0.39 is 54.0 Å². The van der Waals surface area contributed by atoms with Crippen LogP contribution in [0.1, 0.15) is 44.7 Å². The fourth-order valence-electron chi connectivity index (χ4n) is 3.68. The molecule has 1 aromatic heterocycles. The predicted molar refractivity (Wildman–Crippen MR) is 121 cm³/mol. The predicted octanol–water partition coefficient (Wildman–Crippen LogP) is -2.25. The third-order valence-electron chi connectivity index (χ3n) is 5.61. The molecule has 0 spiro atoms. The van der Waals surface area contributed by atoms with Crippen LogP contribution in [0.5, 0.6) is 0 Å². The highest BCUT2D eigenvalue weighted by Gasteiger charge is 2.33. The molecular weight excluding hydrogens is 446 g/mol. The van der Waals surface area contributed by atoms with Crippen LogP contribution in [0.3, 0.4) is 0 Å². The Bertz CT molecular complexity index is 811. The summed E-state index contributed by atoms with van der Waals surface area (Å²) in [6.07, 6.45) is 4.40. The van der Waals surface area contributed by atoms with Crippen LogP contribution < -0.4 is 27.0 Å². The van der Waals surface area contributed by atoms with Gasteiger partial charge >= 0.3 is 5.97 Å². The van der Waals surface area contributed by atoms with Crippen molar-refractivity contribution in [3.63, 3.8) is 0 Å². The van der Waals surface area contributed by atoms with E-state index in [0.29, 0.717) is 38.0 Å². The summed E-state index contributed by atoms with van der Waals surface area (Å²) in [5, 5.41) is 30.1. The van der Waals surface area contributed by atoms with Crippen LogP contribution in [0.15, 0.2) is 12.5 Å². The first-order chi connectivity index (χ1) is 16.2. The number of aliphatic hydroxyl groups excluding tert-OH is 1. The fourth-order valence-corrected chi connectivity index (χ4v) is 3.68. The Hall–Kier alpha value is -3.03. The van der Waals surface area contributed by atoms with E-state index in [2.05, 4.69) is 31.2 Å². The smallest absolute Gasteiger partial charge is 0.326 e. The zero-order valence-electron chi connectivity index (χ0n) is 19.3. The molecule has 2 heterocycles. The summed E-state index contributed by atoms with van der Waals surface area (Å²) in [7, 11) is 0. The van der Waals surface area contributed by atoms with Gasteiger partial charge < -0.3 is 42.2 Å². The van der Waals surface area contributed by atoms with Crippen LogP contribution in [0.25, 0.3) is 0 Å². The number of unbranched alkanes of at least 4 members (excludes halogenated alkanes) is 1. The Morgan fingerprint density at radius 1 is 1.18 bits per heavy atom. The van der Waals surface area contributed by atoms with Crippen LogP contribution in [0.2, 0.25) is 0 Å². The van der Waals surface area contributed by atoms with E-state index in [1.807, 2.05) is 0 Å². The van der Waals surface area contributed by atoms with Crippen molar-refractivity contribution in [1.82, 2.24) is 31.2 Å². The highest BCUT2D eigenvalue weighted by Crippen LogP contribution is 2.08. The number of carbonyl (C=O) groups is 4. The second kappa shape index (κ2) is 13.6.